The van der Waals surface area contributed by atoms with Crippen LogP contribution >= 0.6 is 7.37 Å². The van der Waals surface area contributed by atoms with Gasteiger partial charge in [-0.3, -0.25) is 9.36 Å². The van der Waals surface area contributed by atoms with Gasteiger partial charge in [-0.25, -0.2) is 0 Å². The van der Waals surface area contributed by atoms with Crippen LogP contribution in [0.5, 0.6) is 0 Å². The molecule has 5 heteroatoms. The predicted octanol–water partition coefficient (Wildman–Crippen LogP) is 2.19. The average molecular weight is 208 g/mol. The Morgan fingerprint density at radius 1 is 1.54 bits per heavy atom. The molecule has 13 heavy (non-hydrogen) atoms. The first kappa shape index (κ1) is 12.7. The molecule has 1 atom stereocenters. The molecule has 0 heterocycles. The number of unbranched alkanes of at least 4 members (excludes halogenated alkanes) is 1. The highest BCUT2D eigenvalue weighted by molar-refractivity contribution is 7.58. The Kier molecular flexibility index (Phi) is 6.00. The van der Waals surface area contributed by atoms with E-state index in [1.807, 2.05) is 6.92 Å². The van der Waals surface area contributed by atoms with E-state index >= 15 is 0 Å². The highest BCUT2D eigenvalue weighted by Crippen LogP contribution is 2.43. The zero-order valence-electron chi connectivity index (χ0n) is 8.15. The second-order valence-corrected chi connectivity index (χ2v) is 5.80. The number of rotatable bonds is 7. The molecule has 0 rings (SSSR count). The summed E-state index contributed by atoms with van der Waals surface area (Å²) in [5.41, 5.74) is 0. The Labute approximate surface area is 78.7 Å². The van der Waals surface area contributed by atoms with Crippen LogP contribution in [0.4, 0.5) is 0 Å². The largest absolute Gasteiger partial charge is 0.481 e. The summed E-state index contributed by atoms with van der Waals surface area (Å²) in [7, 11) is -2.66. The second kappa shape index (κ2) is 6.17. The molecule has 0 aromatic rings. The first-order chi connectivity index (χ1) is 5.98. The second-order valence-electron chi connectivity index (χ2n) is 3.07. The summed E-state index contributed by atoms with van der Waals surface area (Å²) in [6.07, 6.45) is 1.90. The molecule has 0 amide bonds. The van der Waals surface area contributed by atoms with E-state index in [0.717, 1.165) is 12.8 Å². The Morgan fingerprint density at radius 2 is 2.15 bits per heavy atom. The van der Waals surface area contributed by atoms with Crippen LogP contribution in [0.2, 0.25) is 0 Å². The van der Waals surface area contributed by atoms with Gasteiger partial charge in [0.1, 0.15) is 0 Å². The molecule has 0 saturated carbocycles. The summed E-state index contributed by atoms with van der Waals surface area (Å²) in [6.45, 7) is 3.97. The fourth-order valence-electron chi connectivity index (χ4n) is 0.765. The molecule has 0 radical (unpaired) electrons. The fourth-order valence-corrected chi connectivity index (χ4v) is 2.01. The van der Waals surface area contributed by atoms with Crippen molar-refractivity contribution in [2.24, 2.45) is 0 Å². The summed E-state index contributed by atoms with van der Waals surface area (Å²) in [5.74, 6) is -0.929. The third kappa shape index (κ3) is 8.00. The summed E-state index contributed by atoms with van der Waals surface area (Å²) in [5, 5.41) is 8.37. The summed E-state index contributed by atoms with van der Waals surface area (Å²) in [4.78, 5) is 10.2. The van der Waals surface area contributed by atoms with Crippen LogP contribution in [0.3, 0.4) is 0 Å². The third-order valence-corrected chi connectivity index (χ3v) is 3.36. The van der Waals surface area contributed by atoms with Crippen molar-refractivity contribution in [3.8, 4) is 0 Å². The van der Waals surface area contributed by atoms with Crippen molar-refractivity contribution in [2.75, 3.05) is 19.4 Å². The quantitative estimate of drug-likeness (QED) is 0.514. The molecule has 0 saturated heterocycles. The number of carbonyl (C=O) groups is 1. The molecular formula is C8H17O4P. The van der Waals surface area contributed by atoms with Crippen LogP contribution in [-0.2, 0) is 13.9 Å². The Balaban J connectivity index is 3.67. The maximum atomic E-state index is 11.5. The van der Waals surface area contributed by atoms with Gasteiger partial charge in [-0.05, 0) is 6.42 Å². The highest BCUT2D eigenvalue weighted by atomic mass is 31.2. The van der Waals surface area contributed by atoms with Gasteiger partial charge in [0.05, 0.1) is 13.0 Å². The number of aliphatic carboxylic acids is 1. The zero-order chi connectivity index (χ0) is 10.3. The van der Waals surface area contributed by atoms with Gasteiger partial charge in [0.25, 0.3) is 0 Å². The number of hydrogen-bond donors (Lipinski definition) is 1. The lowest BCUT2D eigenvalue weighted by molar-refractivity contribution is -0.136. The van der Waals surface area contributed by atoms with E-state index in [-0.39, 0.29) is 12.6 Å². The summed E-state index contributed by atoms with van der Waals surface area (Å²) >= 11 is 0. The van der Waals surface area contributed by atoms with Crippen molar-refractivity contribution in [1.29, 1.82) is 0 Å². The average Bonchev–Trinajstić information content (AvgIpc) is 2.02. The fraction of sp³-hybridized carbons (Fsp3) is 0.875. The van der Waals surface area contributed by atoms with Gasteiger partial charge < -0.3 is 9.63 Å². The molecule has 0 bridgehead atoms. The van der Waals surface area contributed by atoms with E-state index in [4.69, 9.17) is 9.63 Å². The summed E-state index contributed by atoms with van der Waals surface area (Å²) < 4.78 is 16.6. The van der Waals surface area contributed by atoms with Crippen LogP contribution in [0.15, 0.2) is 0 Å². The number of carboxylic acids is 1. The molecule has 1 N–H and O–H groups in total. The smallest absolute Gasteiger partial charge is 0.303 e. The van der Waals surface area contributed by atoms with Crippen LogP contribution in [0, 0.1) is 0 Å². The van der Waals surface area contributed by atoms with Crippen LogP contribution in [0.25, 0.3) is 0 Å². The van der Waals surface area contributed by atoms with Gasteiger partial charge in [-0.15, -0.1) is 0 Å². The Hall–Kier alpha value is -0.340. The van der Waals surface area contributed by atoms with Gasteiger partial charge in [-0.1, -0.05) is 13.3 Å². The molecule has 0 aliphatic heterocycles. The van der Waals surface area contributed by atoms with E-state index in [1.54, 1.807) is 0 Å². The van der Waals surface area contributed by atoms with E-state index in [9.17, 15) is 9.36 Å². The monoisotopic (exact) mass is 208 g/mol. The van der Waals surface area contributed by atoms with Crippen LogP contribution in [-0.4, -0.2) is 30.5 Å². The molecule has 0 spiro atoms. The SMILES string of the molecule is CCCCOP(C)(=O)CCC(=O)O. The van der Waals surface area contributed by atoms with Gasteiger partial charge in [-0.2, -0.15) is 0 Å². The van der Waals surface area contributed by atoms with Gasteiger partial charge >= 0.3 is 5.97 Å². The van der Waals surface area contributed by atoms with Gasteiger partial charge in [0.2, 0.25) is 7.37 Å². The standard InChI is InChI=1S/C8H17O4P/c1-3-4-6-12-13(2,11)7-5-8(9)10/h3-7H2,1-2H3,(H,9,10). The van der Waals surface area contributed by atoms with Crippen LogP contribution < -0.4 is 0 Å². The first-order valence-electron chi connectivity index (χ1n) is 4.41. The van der Waals surface area contributed by atoms with E-state index in [2.05, 4.69) is 0 Å². The molecule has 4 nitrogen and oxygen atoms in total. The number of carboxylic acid groups (broad SMARTS) is 1. The normalized spacial score (nSPS) is 15.2. The maximum absolute atomic E-state index is 11.5. The zero-order valence-corrected chi connectivity index (χ0v) is 9.05. The molecular weight excluding hydrogens is 191 g/mol. The van der Waals surface area contributed by atoms with Crippen molar-refractivity contribution in [2.45, 2.75) is 26.2 Å². The van der Waals surface area contributed by atoms with Crippen LogP contribution in [0.1, 0.15) is 26.2 Å². The molecule has 0 fully saturated rings. The topological polar surface area (TPSA) is 63.6 Å². The highest BCUT2D eigenvalue weighted by Gasteiger charge is 2.16. The lowest BCUT2D eigenvalue weighted by atomic mass is 10.4. The van der Waals surface area contributed by atoms with E-state index in [1.165, 1.54) is 6.66 Å². The summed E-state index contributed by atoms with van der Waals surface area (Å²) in [6, 6.07) is 0. The lowest BCUT2D eigenvalue weighted by Gasteiger charge is -2.11. The maximum Gasteiger partial charge on any atom is 0.303 e. The third-order valence-electron chi connectivity index (χ3n) is 1.59. The van der Waals surface area contributed by atoms with E-state index < -0.39 is 13.3 Å². The lowest BCUT2D eigenvalue weighted by Crippen LogP contribution is -2.02. The Morgan fingerprint density at radius 3 is 2.62 bits per heavy atom. The molecule has 0 aliphatic rings. The van der Waals surface area contributed by atoms with E-state index in [0.29, 0.717) is 6.61 Å². The molecule has 0 aromatic carbocycles. The molecule has 1 unspecified atom stereocenters. The molecule has 0 aromatic heterocycles. The van der Waals surface area contributed by atoms with Crippen molar-refractivity contribution in [1.82, 2.24) is 0 Å². The first-order valence-corrected chi connectivity index (χ1v) is 6.66. The van der Waals surface area contributed by atoms with Gasteiger partial charge in [0, 0.05) is 12.8 Å². The van der Waals surface area contributed by atoms with Crippen molar-refractivity contribution in [3.05, 3.63) is 0 Å². The van der Waals surface area contributed by atoms with Gasteiger partial charge in [0.15, 0.2) is 0 Å². The minimum absolute atomic E-state index is 0.0834. The minimum Gasteiger partial charge on any atom is -0.481 e. The molecule has 78 valence electrons. The Bertz CT molecular complexity index is 202. The van der Waals surface area contributed by atoms with Crippen molar-refractivity contribution in [3.63, 3.8) is 0 Å². The van der Waals surface area contributed by atoms with Crippen molar-refractivity contribution < 1.29 is 19.0 Å². The molecule has 0 aliphatic carbocycles. The predicted molar refractivity (Wildman–Crippen MR) is 51.5 cm³/mol. The minimum atomic E-state index is -2.66. The number of hydrogen-bond acceptors (Lipinski definition) is 3. The van der Waals surface area contributed by atoms with Crippen molar-refractivity contribution >= 4 is 13.3 Å².